The van der Waals surface area contributed by atoms with Crippen molar-refractivity contribution in [2.45, 2.75) is 70.0 Å². The second kappa shape index (κ2) is 7.41. The zero-order valence-corrected chi connectivity index (χ0v) is 18.4. The zero-order chi connectivity index (χ0) is 21.0. The van der Waals surface area contributed by atoms with Crippen LogP contribution < -0.4 is 10.5 Å². The average molecular weight is 423 g/mol. The zero-order valence-electron chi connectivity index (χ0n) is 17.7. The number of fused-ring (bicyclic) bond motifs is 1. The highest BCUT2D eigenvalue weighted by atomic mass is 35.5. The first-order chi connectivity index (χ1) is 13.6. The number of carbonyl (C=O) groups excluding carboxylic acids is 1. The first kappa shape index (κ1) is 20.9. The maximum absolute atomic E-state index is 12.0. The van der Waals surface area contributed by atoms with E-state index in [1.807, 2.05) is 20.8 Å². The quantitative estimate of drug-likeness (QED) is 0.800. The van der Waals surface area contributed by atoms with Gasteiger partial charge in [0.25, 0.3) is 0 Å². The highest BCUT2D eigenvalue weighted by Gasteiger charge is 2.50. The number of benzene rings is 1. The van der Waals surface area contributed by atoms with Gasteiger partial charge >= 0.3 is 0 Å². The Kier molecular flexibility index (Phi) is 5.35. The number of amides is 1. The second-order valence-electron chi connectivity index (χ2n) is 9.21. The van der Waals surface area contributed by atoms with E-state index in [0.717, 1.165) is 38.8 Å². The molecule has 2 aliphatic heterocycles. The maximum atomic E-state index is 12.0. The van der Waals surface area contributed by atoms with E-state index in [1.165, 1.54) is 0 Å². The average Bonchev–Trinajstić information content (AvgIpc) is 2.59. The van der Waals surface area contributed by atoms with Crippen molar-refractivity contribution in [1.29, 1.82) is 0 Å². The highest BCUT2D eigenvalue weighted by Crippen LogP contribution is 2.49. The number of piperidine rings is 1. The molecule has 0 aromatic heterocycles. The maximum Gasteiger partial charge on any atom is 0.249 e. The minimum absolute atomic E-state index is 0.250. The van der Waals surface area contributed by atoms with E-state index in [4.69, 9.17) is 31.5 Å². The van der Waals surface area contributed by atoms with Crippen LogP contribution in [0.3, 0.4) is 0 Å². The molecule has 160 valence electrons. The van der Waals surface area contributed by atoms with Crippen molar-refractivity contribution in [1.82, 2.24) is 4.90 Å². The number of hydrogen-bond acceptors (Lipinski definition) is 5. The third kappa shape index (κ3) is 3.76. The molecule has 4 rings (SSSR count). The Hall–Kier alpha value is -1.34. The molecule has 1 saturated carbocycles. The summed E-state index contributed by atoms with van der Waals surface area (Å²) in [6.45, 7) is 7.99. The summed E-state index contributed by atoms with van der Waals surface area (Å²) in [5.41, 5.74) is 5.91. The van der Waals surface area contributed by atoms with Gasteiger partial charge in [0.15, 0.2) is 0 Å². The van der Waals surface area contributed by atoms with Gasteiger partial charge in [-0.1, -0.05) is 11.6 Å². The van der Waals surface area contributed by atoms with Crippen LogP contribution in [0.15, 0.2) is 12.1 Å². The van der Waals surface area contributed by atoms with Gasteiger partial charge in [0.1, 0.15) is 5.75 Å². The largest absolute Gasteiger partial charge is 0.462 e. The lowest BCUT2D eigenvalue weighted by Crippen LogP contribution is -2.57. The molecule has 0 bridgehead atoms. The molecule has 6 nitrogen and oxygen atoms in total. The molecule has 2 heterocycles. The fraction of sp³-hybridized carbons (Fsp3) is 0.682. The van der Waals surface area contributed by atoms with E-state index in [2.05, 4.69) is 4.90 Å². The number of nitrogens with zero attached hydrogens (tertiary/aromatic N) is 1. The van der Waals surface area contributed by atoms with Crippen LogP contribution in [0.1, 0.15) is 62.4 Å². The summed E-state index contributed by atoms with van der Waals surface area (Å²) in [5.74, 6) is -0.470. The van der Waals surface area contributed by atoms with Gasteiger partial charge in [-0.15, -0.1) is 0 Å². The number of halogens is 1. The Morgan fingerprint density at radius 2 is 1.90 bits per heavy atom. The van der Waals surface area contributed by atoms with Crippen LogP contribution >= 0.6 is 11.6 Å². The Balaban J connectivity index is 1.52. The molecule has 1 unspecified atom stereocenters. The van der Waals surface area contributed by atoms with E-state index in [0.29, 0.717) is 34.0 Å². The standard InChI is InChI=1S/C22H31ClN2O4/c1-21(2)19-17(20(24)26)9-14(23)10-18(19)28-22(3,29-21)13-5-7-25(8-6-13)15-11-16(12-15)27-4/h9-10,13,15-16H,5-8,11-12H2,1-4H3,(H2,24,26). The summed E-state index contributed by atoms with van der Waals surface area (Å²) in [4.78, 5) is 14.6. The van der Waals surface area contributed by atoms with Gasteiger partial charge in [-0.2, -0.15) is 0 Å². The van der Waals surface area contributed by atoms with Crippen LogP contribution in [-0.4, -0.2) is 48.9 Å². The number of primary amides is 1. The van der Waals surface area contributed by atoms with Gasteiger partial charge < -0.3 is 24.8 Å². The van der Waals surface area contributed by atoms with Crippen LogP contribution in [0, 0.1) is 5.92 Å². The number of likely N-dealkylation sites (tertiary alicyclic amines) is 1. The molecule has 1 saturated heterocycles. The summed E-state index contributed by atoms with van der Waals surface area (Å²) in [5, 5.41) is 0.435. The lowest BCUT2D eigenvalue weighted by molar-refractivity contribution is -0.283. The van der Waals surface area contributed by atoms with Crippen molar-refractivity contribution >= 4 is 17.5 Å². The molecule has 1 aliphatic carbocycles. The second-order valence-corrected chi connectivity index (χ2v) is 9.65. The predicted octanol–water partition coefficient (Wildman–Crippen LogP) is 3.69. The lowest BCUT2D eigenvalue weighted by Gasteiger charge is -2.51. The third-order valence-corrected chi connectivity index (χ3v) is 7.11. The van der Waals surface area contributed by atoms with Crippen LogP contribution in [0.25, 0.3) is 0 Å². The molecule has 0 spiro atoms. The number of rotatable bonds is 4. The number of nitrogens with two attached hydrogens (primary N) is 1. The Morgan fingerprint density at radius 3 is 2.48 bits per heavy atom. The first-order valence-electron chi connectivity index (χ1n) is 10.4. The molecule has 2 N–H and O–H groups in total. The summed E-state index contributed by atoms with van der Waals surface area (Å²) in [6.07, 6.45) is 4.67. The van der Waals surface area contributed by atoms with E-state index in [-0.39, 0.29) is 5.92 Å². The number of ether oxygens (including phenoxy) is 3. The molecule has 1 atom stereocenters. The fourth-order valence-corrected chi connectivity index (χ4v) is 5.47. The number of carbonyl (C=O) groups is 1. The van der Waals surface area contributed by atoms with Gasteiger partial charge in [-0.25, -0.2) is 0 Å². The number of methoxy groups -OCH3 is 1. The monoisotopic (exact) mass is 422 g/mol. The summed E-state index contributed by atoms with van der Waals surface area (Å²) in [7, 11) is 1.79. The van der Waals surface area contributed by atoms with E-state index >= 15 is 0 Å². The third-order valence-electron chi connectivity index (χ3n) is 6.90. The number of hydrogen-bond donors (Lipinski definition) is 1. The van der Waals surface area contributed by atoms with Crippen LogP contribution in [0.4, 0.5) is 0 Å². The molecular formula is C22H31ClN2O4. The van der Waals surface area contributed by atoms with Crippen molar-refractivity contribution in [3.8, 4) is 5.75 Å². The van der Waals surface area contributed by atoms with Crippen molar-refractivity contribution in [3.63, 3.8) is 0 Å². The van der Waals surface area contributed by atoms with Crippen LogP contribution in [0.2, 0.25) is 5.02 Å². The Labute approximate surface area is 177 Å². The van der Waals surface area contributed by atoms with E-state index < -0.39 is 17.3 Å². The summed E-state index contributed by atoms with van der Waals surface area (Å²) in [6, 6.07) is 3.99. The van der Waals surface area contributed by atoms with Gasteiger partial charge in [0.2, 0.25) is 11.7 Å². The molecule has 29 heavy (non-hydrogen) atoms. The van der Waals surface area contributed by atoms with E-state index in [9.17, 15) is 4.79 Å². The van der Waals surface area contributed by atoms with Crippen LogP contribution in [0.5, 0.6) is 5.75 Å². The molecule has 1 aromatic rings. The highest BCUT2D eigenvalue weighted by molar-refractivity contribution is 6.31. The summed E-state index contributed by atoms with van der Waals surface area (Å²) < 4.78 is 18.3. The van der Waals surface area contributed by atoms with E-state index in [1.54, 1.807) is 19.2 Å². The van der Waals surface area contributed by atoms with Gasteiger partial charge in [-0.3, -0.25) is 4.79 Å². The molecule has 1 amide bonds. The van der Waals surface area contributed by atoms with Crippen LogP contribution in [-0.2, 0) is 15.1 Å². The minimum Gasteiger partial charge on any atom is -0.462 e. The fourth-order valence-electron chi connectivity index (χ4n) is 5.26. The molecule has 3 aliphatic rings. The van der Waals surface area contributed by atoms with Crippen molar-refractivity contribution in [2.24, 2.45) is 11.7 Å². The minimum atomic E-state index is -0.781. The first-order valence-corrected chi connectivity index (χ1v) is 10.8. The van der Waals surface area contributed by atoms with Gasteiger partial charge in [-0.05, 0) is 64.8 Å². The molecular weight excluding hydrogens is 392 g/mol. The molecule has 1 aromatic carbocycles. The van der Waals surface area contributed by atoms with Crippen molar-refractivity contribution in [3.05, 3.63) is 28.3 Å². The summed E-state index contributed by atoms with van der Waals surface area (Å²) >= 11 is 6.25. The topological polar surface area (TPSA) is 74.0 Å². The Morgan fingerprint density at radius 1 is 1.24 bits per heavy atom. The SMILES string of the molecule is COC1CC(N2CCC(C3(C)Oc4cc(Cl)cc(C(N)=O)c4C(C)(C)O3)CC2)C1. The normalized spacial score (nSPS) is 32.2. The Bertz CT molecular complexity index is 800. The molecule has 0 radical (unpaired) electrons. The van der Waals surface area contributed by atoms with Crippen molar-refractivity contribution in [2.75, 3.05) is 20.2 Å². The van der Waals surface area contributed by atoms with Gasteiger partial charge in [0.05, 0.1) is 17.3 Å². The van der Waals surface area contributed by atoms with Gasteiger partial charge in [0, 0.05) is 36.6 Å². The molecule has 2 fully saturated rings. The van der Waals surface area contributed by atoms with Crippen molar-refractivity contribution < 1.29 is 19.0 Å². The smallest absolute Gasteiger partial charge is 0.249 e. The predicted molar refractivity (Wildman–Crippen MR) is 111 cm³/mol. The molecule has 7 heteroatoms. The lowest BCUT2D eigenvalue weighted by atomic mass is 9.82.